The summed E-state index contributed by atoms with van der Waals surface area (Å²) in [7, 11) is 1.73. The molecule has 1 fully saturated rings. The minimum Gasteiger partial charge on any atom is -0.496 e. The number of piperidine rings is 1. The van der Waals surface area contributed by atoms with Crippen LogP contribution in [0.2, 0.25) is 0 Å². The van der Waals surface area contributed by atoms with E-state index in [-0.39, 0.29) is 0 Å². The molecule has 118 valence electrons. The molecule has 1 aliphatic heterocycles. The molecule has 0 radical (unpaired) electrons. The molecule has 2 rings (SSSR count). The Morgan fingerprint density at radius 3 is 2.76 bits per heavy atom. The Morgan fingerprint density at radius 2 is 2.05 bits per heavy atom. The van der Waals surface area contributed by atoms with Gasteiger partial charge < -0.3 is 15.0 Å². The predicted molar refractivity (Wildman–Crippen MR) is 91.9 cm³/mol. The Hall–Kier alpha value is -0.580. The van der Waals surface area contributed by atoms with Gasteiger partial charge in [-0.15, -0.1) is 0 Å². The number of hydrogen-bond acceptors (Lipinski definition) is 3. The first-order valence-corrected chi connectivity index (χ1v) is 8.74. The van der Waals surface area contributed by atoms with Crippen LogP contribution in [-0.4, -0.2) is 38.2 Å². The summed E-state index contributed by atoms with van der Waals surface area (Å²) in [6.45, 7) is 8.01. The highest BCUT2D eigenvalue weighted by Gasteiger charge is 2.13. The zero-order valence-corrected chi connectivity index (χ0v) is 14.8. The number of benzene rings is 1. The van der Waals surface area contributed by atoms with Gasteiger partial charge in [0.05, 0.1) is 7.11 Å². The maximum Gasteiger partial charge on any atom is 0.123 e. The number of methoxy groups -OCH3 is 1. The second-order valence-electron chi connectivity index (χ2n) is 6.05. The molecule has 1 aromatic carbocycles. The van der Waals surface area contributed by atoms with E-state index in [1.807, 2.05) is 12.1 Å². The molecule has 0 amide bonds. The summed E-state index contributed by atoms with van der Waals surface area (Å²) >= 11 is 3.52. The third-order valence-electron chi connectivity index (χ3n) is 4.07. The van der Waals surface area contributed by atoms with Gasteiger partial charge in [0.2, 0.25) is 0 Å². The van der Waals surface area contributed by atoms with Crippen LogP contribution < -0.4 is 10.1 Å². The molecule has 1 aliphatic rings. The highest BCUT2D eigenvalue weighted by Crippen LogP contribution is 2.22. The van der Waals surface area contributed by atoms with Crippen LogP contribution in [0.3, 0.4) is 0 Å². The molecule has 1 aromatic rings. The Kier molecular flexibility index (Phi) is 7.00. The molecular formula is C17H27BrN2O. The topological polar surface area (TPSA) is 24.5 Å². The van der Waals surface area contributed by atoms with Crippen LogP contribution in [0.1, 0.15) is 31.7 Å². The van der Waals surface area contributed by atoms with Crippen molar-refractivity contribution in [2.75, 3.05) is 33.3 Å². The predicted octanol–water partition coefficient (Wildman–Crippen LogP) is 3.67. The summed E-state index contributed by atoms with van der Waals surface area (Å²) in [5.41, 5.74) is 1.21. The quantitative estimate of drug-likeness (QED) is 0.808. The van der Waals surface area contributed by atoms with Gasteiger partial charge in [-0.05, 0) is 56.6 Å². The number of nitrogens with zero attached hydrogens (tertiary/aromatic N) is 1. The van der Waals surface area contributed by atoms with E-state index in [0.717, 1.165) is 23.3 Å². The van der Waals surface area contributed by atoms with Gasteiger partial charge in [0.1, 0.15) is 5.75 Å². The van der Waals surface area contributed by atoms with Crippen molar-refractivity contribution >= 4 is 15.9 Å². The van der Waals surface area contributed by atoms with Crippen LogP contribution in [0.4, 0.5) is 0 Å². The molecule has 1 unspecified atom stereocenters. The van der Waals surface area contributed by atoms with Crippen molar-refractivity contribution < 1.29 is 4.74 Å². The van der Waals surface area contributed by atoms with Crippen molar-refractivity contribution in [3.63, 3.8) is 0 Å². The zero-order chi connectivity index (χ0) is 15.1. The first-order valence-electron chi connectivity index (χ1n) is 7.94. The van der Waals surface area contributed by atoms with Crippen LogP contribution >= 0.6 is 15.9 Å². The number of nitrogens with one attached hydrogen (secondary N) is 1. The molecule has 1 atom stereocenters. The van der Waals surface area contributed by atoms with Gasteiger partial charge in [-0.25, -0.2) is 0 Å². The van der Waals surface area contributed by atoms with E-state index in [9.17, 15) is 0 Å². The first kappa shape index (κ1) is 16.8. The fraction of sp³-hybridized carbons (Fsp3) is 0.647. The third-order valence-corrected chi connectivity index (χ3v) is 4.56. The van der Waals surface area contributed by atoms with Crippen LogP contribution in [0.25, 0.3) is 0 Å². The van der Waals surface area contributed by atoms with Gasteiger partial charge in [0, 0.05) is 23.1 Å². The molecule has 0 spiro atoms. The molecule has 0 aliphatic carbocycles. The fourth-order valence-electron chi connectivity index (χ4n) is 2.99. The summed E-state index contributed by atoms with van der Waals surface area (Å²) in [6.07, 6.45) is 4.15. The van der Waals surface area contributed by atoms with Crippen LogP contribution in [0.15, 0.2) is 22.7 Å². The van der Waals surface area contributed by atoms with E-state index in [2.05, 4.69) is 39.1 Å². The molecule has 0 saturated carbocycles. The zero-order valence-electron chi connectivity index (χ0n) is 13.2. The van der Waals surface area contributed by atoms with E-state index in [1.165, 1.54) is 44.5 Å². The molecule has 1 saturated heterocycles. The third kappa shape index (κ3) is 5.61. The Balaban J connectivity index is 1.74. The lowest BCUT2D eigenvalue weighted by Crippen LogP contribution is -2.36. The van der Waals surface area contributed by atoms with Gasteiger partial charge in [0.25, 0.3) is 0 Å². The minimum atomic E-state index is 0.682. The van der Waals surface area contributed by atoms with Crippen molar-refractivity contribution in [3.05, 3.63) is 28.2 Å². The molecule has 1 heterocycles. The van der Waals surface area contributed by atoms with Gasteiger partial charge in [-0.2, -0.15) is 0 Å². The number of ether oxygens (including phenoxy) is 1. The van der Waals surface area contributed by atoms with Crippen molar-refractivity contribution in [1.29, 1.82) is 0 Å². The lowest BCUT2D eigenvalue weighted by Gasteiger charge is -2.29. The number of likely N-dealkylation sites (tertiary alicyclic amines) is 1. The van der Waals surface area contributed by atoms with Gasteiger partial charge >= 0.3 is 0 Å². The van der Waals surface area contributed by atoms with Crippen molar-refractivity contribution in [3.8, 4) is 5.75 Å². The summed E-state index contributed by atoms with van der Waals surface area (Å²) in [4.78, 5) is 2.61. The van der Waals surface area contributed by atoms with Gasteiger partial charge in [0.15, 0.2) is 0 Å². The van der Waals surface area contributed by atoms with E-state index in [0.29, 0.717) is 5.92 Å². The molecule has 21 heavy (non-hydrogen) atoms. The molecule has 0 bridgehead atoms. The first-order chi connectivity index (χ1) is 10.2. The monoisotopic (exact) mass is 354 g/mol. The SMILES string of the molecule is COc1ccc(Br)cc1CNCC(C)CN1CCCCC1. The largest absolute Gasteiger partial charge is 0.496 e. The Labute approximate surface area is 137 Å². The molecule has 4 heteroatoms. The summed E-state index contributed by atoms with van der Waals surface area (Å²) in [5.74, 6) is 1.63. The smallest absolute Gasteiger partial charge is 0.123 e. The normalized spacial score (nSPS) is 17.7. The maximum absolute atomic E-state index is 5.41. The van der Waals surface area contributed by atoms with Gasteiger partial charge in [-0.3, -0.25) is 0 Å². The number of halogens is 1. The summed E-state index contributed by atoms with van der Waals surface area (Å²) < 4.78 is 6.51. The standard InChI is InChI=1S/C17H27BrN2O/c1-14(13-20-8-4-3-5-9-20)11-19-12-15-10-16(18)6-7-17(15)21-2/h6-7,10,14,19H,3-5,8-9,11-13H2,1-2H3. The average Bonchev–Trinajstić information content (AvgIpc) is 2.48. The fourth-order valence-corrected chi connectivity index (χ4v) is 3.39. The van der Waals surface area contributed by atoms with E-state index in [1.54, 1.807) is 7.11 Å². The van der Waals surface area contributed by atoms with Crippen LogP contribution in [-0.2, 0) is 6.54 Å². The summed E-state index contributed by atoms with van der Waals surface area (Å²) in [5, 5.41) is 3.57. The molecule has 1 N–H and O–H groups in total. The molecule has 3 nitrogen and oxygen atoms in total. The maximum atomic E-state index is 5.41. The lowest BCUT2D eigenvalue weighted by molar-refractivity contribution is 0.199. The highest BCUT2D eigenvalue weighted by atomic mass is 79.9. The highest BCUT2D eigenvalue weighted by molar-refractivity contribution is 9.10. The van der Waals surface area contributed by atoms with E-state index >= 15 is 0 Å². The van der Waals surface area contributed by atoms with Crippen molar-refractivity contribution in [1.82, 2.24) is 10.2 Å². The second-order valence-corrected chi connectivity index (χ2v) is 6.97. The average molecular weight is 355 g/mol. The molecular weight excluding hydrogens is 328 g/mol. The van der Waals surface area contributed by atoms with E-state index < -0.39 is 0 Å². The minimum absolute atomic E-state index is 0.682. The Bertz CT molecular complexity index is 433. The number of hydrogen-bond donors (Lipinski definition) is 1. The van der Waals surface area contributed by atoms with Crippen molar-refractivity contribution in [2.45, 2.75) is 32.7 Å². The van der Waals surface area contributed by atoms with Crippen LogP contribution in [0.5, 0.6) is 5.75 Å². The van der Waals surface area contributed by atoms with Gasteiger partial charge in [-0.1, -0.05) is 29.3 Å². The summed E-state index contributed by atoms with van der Waals surface area (Å²) in [6, 6.07) is 6.15. The lowest BCUT2D eigenvalue weighted by atomic mass is 10.1. The number of rotatable bonds is 7. The van der Waals surface area contributed by atoms with E-state index in [4.69, 9.17) is 4.74 Å². The Morgan fingerprint density at radius 1 is 1.29 bits per heavy atom. The van der Waals surface area contributed by atoms with Crippen molar-refractivity contribution in [2.24, 2.45) is 5.92 Å². The van der Waals surface area contributed by atoms with Crippen LogP contribution in [0, 0.1) is 5.92 Å². The second kappa shape index (κ2) is 8.76. The molecule has 0 aromatic heterocycles.